The first-order valence-electron chi connectivity index (χ1n) is 3.98. The molecule has 72 valence electrons. The molecule has 0 aliphatic carbocycles. The molecule has 0 aromatic carbocycles. The maximum Gasteiger partial charge on any atom is 0.178 e. The van der Waals surface area contributed by atoms with Gasteiger partial charge in [-0.25, -0.2) is 0 Å². The second kappa shape index (κ2) is 4.50. The highest BCUT2D eigenvalue weighted by molar-refractivity contribution is 8.01. The Morgan fingerprint density at radius 3 is 3.14 bits per heavy atom. The van der Waals surface area contributed by atoms with Crippen LogP contribution in [0, 0.1) is 0 Å². The van der Waals surface area contributed by atoms with Crippen LogP contribution in [0.5, 0.6) is 0 Å². The van der Waals surface area contributed by atoms with E-state index in [0.29, 0.717) is 6.54 Å². The highest BCUT2D eigenvalue weighted by atomic mass is 32.2. The Kier molecular flexibility index (Phi) is 3.07. The number of hydrogen-bond acceptors (Lipinski definition) is 6. The highest BCUT2D eigenvalue weighted by Gasteiger charge is 2.05. The Morgan fingerprint density at radius 2 is 2.43 bits per heavy atom. The summed E-state index contributed by atoms with van der Waals surface area (Å²) in [5, 5.41) is 7.72. The molecule has 6 heteroatoms. The van der Waals surface area contributed by atoms with Gasteiger partial charge in [-0.15, -0.1) is 10.2 Å². The van der Waals surface area contributed by atoms with Crippen LogP contribution < -0.4 is 5.73 Å². The molecule has 2 aromatic rings. The lowest BCUT2D eigenvalue weighted by atomic mass is 10.3. The van der Waals surface area contributed by atoms with Crippen molar-refractivity contribution in [2.45, 2.75) is 15.8 Å². The van der Waals surface area contributed by atoms with Crippen LogP contribution in [0.15, 0.2) is 33.1 Å². The number of aromatic nitrogens is 3. The van der Waals surface area contributed by atoms with Crippen molar-refractivity contribution in [3.05, 3.63) is 29.5 Å². The van der Waals surface area contributed by atoms with E-state index in [0.717, 1.165) is 14.9 Å². The van der Waals surface area contributed by atoms with Crippen molar-refractivity contribution in [1.29, 1.82) is 0 Å². The molecule has 0 amide bonds. The summed E-state index contributed by atoms with van der Waals surface area (Å²) in [6, 6.07) is 3.88. The van der Waals surface area contributed by atoms with Crippen molar-refractivity contribution in [1.82, 2.24) is 15.2 Å². The summed E-state index contributed by atoms with van der Waals surface area (Å²) in [6.07, 6.45) is 1.74. The number of hydrogen-bond donors (Lipinski definition) is 1. The molecule has 0 saturated heterocycles. The topological polar surface area (TPSA) is 64.7 Å². The minimum Gasteiger partial charge on any atom is -0.325 e. The zero-order valence-corrected chi connectivity index (χ0v) is 8.88. The van der Waals surface area contributed by atoms with Crippen LogP contribution in [0.25, 0.3) is 0 Å². The van der Waals surface area contributed by atoms with Crippen molar-refractivity contribution in [2.75, 3.05) is 0 Å². The zero-order valence-electron chi connectivity index (χ0n) is 7.25. The molecule has 0 aliphatic heterocycles. The molecule has 0 spiro atoms. The van der Waals surface area contributed by atoms with Gasteiger partial charge >= 0.3 is 0 Å². The first kappa shape index (κ1) is 9.57. The van der Waals surface area contributed by atoms with Gasteiger partial charge in [0, 0.05) is 17.6 Å². The van der Waals surface area contributed by atoms with Gasteiger partial charge in [0.2, 0.25) is 0 Å². The van der Waals surface area contributed by atoms with Crippen molar-refractivity contribution in [3.63, 3.8) is 0 Å². The lowest BCUT2D eigenvalue weighted by Gasteiger charge is -2.02. The molecule has 14 heavy (non-hydrogen) atoms. The fourth-order valence-corrected chi connectivity index (χ4v) is 2.52. The summed E-state index contributed by atoms with van der Waals surface area (Å²) >= 11 is 3.06. The van der Waals surface area contributed by atoms with Gasteiger partial charge in [0.1, 0.15) is 5.51 Å². The molecule has 2 N–H and O–H groups in total. The monoisotopic (exact) mass is 224 g/mol. The lowest BCUT2D eigenvalue weighted by molar-refractivity contribution is 0.940. The highest BCUT2D eigenvalue weighted by Crippen LogP contribution is 2.29. The molecule has 2 aromatic heterocycles. The molecule has 0 atom stereocenters. The van der Waals surface area contributed by atoms with Gasteiger partial charge in [0.05, 0.1) is 5.69 Å². The van der Waals surface area contributed by atoms with E-state index < -0.39 is 0 Å². The Bertz CT molecular complexity index is 401. The number of nitrogens with two attached hydrogens (primary N) is 1. The quantitative estimate of drug-likeness (QED) is 0.856. The summed E-state index contributed by atoms with van der Waals surface area (Å²) in [5.74, 6) is 0. The molecular weight excluding hydrogens is 216 g/mol. The van der Waals surface area contributed by atoms with Crippen molar-refractivity contribution in [2.24, 2.45) is 5.73 Å². The van der Waals surface area contributed by atoms with Crippen molar-refractivity contribution < 1.29 is 0 Å². The van der Waals surface area contributed by atoms with Crippen LogP contribution in [0.1, 0.15) is 5.69 Å². The fraction of sp³-hybridized carbons (Fsp3) is 0.125. The standard InChI is InChI=1S/C8H8N4S2/c9-4-6-7(2-1-3-10-6)14-8-12-11-5-13-8/h1-3,5H,4,9H2. The molecule has 0 fully saturated rings. The molecule has 0 radical (unpaired) electrons. The molecular formula is C8H8N4S2. The summed E-state index contributed by atoms with van der Waals surface area (Å²) in [7, 11) is 0. The Hall–Kier alpha value is -0.980. The van der Waals surface area contributed by atoms with Crippen molar-refractivity contribution >= 4 is 23.1 Å². The molecule has 2 rings (SSSR count). The van der Waals surface area contributed by atoms with E-state index in [2.05, 4.69) is 15.2 Å². The SMILES string of the molecule is NCc1ncccc1Sc1nncs1. The summed E-state index contributed by atoms with van der Waals surface area (Å²) in [6.45, 7) is 0.446. The predicted octanol–water partition coefficient (Wildman–Crippen LogP) is 1.54. The average Bonchev–Trinajstić information content (AvgIpc) is 2.71. The molecule has 0 saturated carbocycles. The smallest absolute Gasteiger partial charge is 0.178 e. The van der Waals surface area contributed by atoms with Gasteiger partial charge in [-0.3, -0.25) is 4.98 Å². The van der Waals surface area contributed by atoms with Gasteiger partial charge < -0.3 is 5.73 Å². The number of nitrogens with zero attached hydrogens (tertiary/aromatic N) is 3. The molecule has 2 heterocycles. The average molecular weight is 224 g/mol. The van der Waals surface area contributed by atoms with E-state index in [1.807, 2.05) is 12.1 Å². The molecule has 0 unspecified atom stereocenters. The van der Waals surface area contributed by atoms with Gasteiger partial charge in [-0.2, -0.15) is 0 Å². The molecule has 0 bridgehead atoms. The largest absolute Gasteiger partial charge is 0.325 e. The second-order valence-corrected chi connectivity index (χ2v) is 4.58. The zero-order chi connectivity index (χ0) is 9.80. The third-order valence-electron chi connectivity index (χ3n) is 1.58. The third kappa shape index (κ3) is 2.09. The van der Waals surface area contributed by atoms with Crippen molar-refractivity contribution in [3.8, 4) is 0 Å². The summed E-state index contributed by atoms with van der Waals surface area (Å²) in [4.78, 5) is 5.24. The van der Waals surface area contributed by atoms with Crippen LogP contribution in [-0.2, 0) is 6.54 Å². The Balaban J connectivity index is 2.24. The fourth-order valence-electron chi connectivity index (χ4n) is 0.971. The normalized spacial score (nSPS) is 10.4. The second-order valence-electron chi connectivity index (χ2n) is 2.46. The first-order chi connectivity index (χ1) is 6.90. The third-order valence-corrected chi connectivity index (χ3v) is 3.45. The maximum atomic E-state index is 5.57. The Morgan fingerprint density at radius 1 is 1.50 bits per heavy atom. The van der Waals surface area contributed by atoms with Crippen LogP contribution in [0.4, 0.5) is 0 Å². The lowest BCUT2D eigenvalue weighted by Crippen LogP contribution is -2.00. The molecule has 4 nitrogen and oxygen atoms in total. The molecule has 0 aliphatic rings. The Labute approximate surface area is 89.6 Å². The first-order valence-corrected chi connectivity index (χ1v) is 5.67. The minimum atomic E-state index is 0.446. The van der Waals surface area contributed by atoms with E-state index in [9.17, 15) is 0 Å². The van der Waals surface area contributed by atoms with E-state index in [1.54, 1.807) is 23.5 Å². The van der Waals surface area contributed by atoms with E-state index in [4.69, 9.17) is 5.73 Å². The summed E-state index contributed by atoms with van der Waals surface area (Å²) in [5.41, 5.74) is 8.18. The van der Waals surface area contributed by atoms with E-state index >= 15 is 0 Å². The van der Waals surface area contributed by atoms with E-state index in [1.165, 1.54) is 11.3 Å². The van der Waals surface area contributed by atoms with Crippen LogP contribution in [0.3, 0.4) is 0 Å². The van der Waals surface area contributed by atoms with Gasteiger partial charge in [-0.05, 0) is 12.1 Å². The van der Waals surface area contributed by atoms with Gasteiger partial charge in [0.15, 0.2) is 4.34 Å². The predicted molar refractivity (Wildman–Crippen MR) is 56.2 cm³/mol. The van der Waals surface area contributed by atoms with Crippen LogP contribution in [-0.4, -0.2) is 15.2 Å². The minimum absolute atomic E-state index is 0.446. The van der Waals surface area contributed by atoms with Gasteiger partial charge in [0.25, 0.3) is 0 Å². The van der Waals surface area contributed by atoms with Crippen LogP contribution in [0.2, 0.25) is 0 Å². The van der Waals surface area contributed by atoms with Crippen LogP contribution >= 0.6 is 23.1 Å². The van der Waals surface area contributed by atoms with Gasteiger partial charge in [-0.1, -0.05) is 23.1 Å². The van der Waals surface area contributed by atoms with E-state index in [-0.39, 0.29) is 0 Å². The number of pyridine rings is 1. The maximum absolute atomic E-state index is 5.57. The number of rotatable bonds is 3. The summed E-state index contributed by atoms with van der Waals surface area (Å²) < 4.78 is 0.910.